The molecule has 6 aromatic rings. The van der Waals surface area contributed by atoms with Crippen LogP contribution in [0.1, 0.15) is 0 Å². The summed E-state index contributed by atoms with van der Waals surface area (Å²) in [6, 6.07) is 36.2. The van der Waals surface area contributed by atoms with E-state index in [1.807, 2.05) is 0 Å². The van der Waals surface area contributed by atoms with Gasteiger partial charge in [-0.1, -0.05) is 72.8 Å². The van der Waals surface area contributed by atoms with Crippen LogP contribution in [-0.4, -0.2) is 17.1 Å². The number of aryl methyl sites for hydroxylation is 1. The van der Waals surface area contributed by atoms with E-state index in [0.29, 0.717) is 0 Å². The van der Waals surface area contributed by atoms with Gasteiger partial charge in [0.15, 0.2) is 0 Å². The molecule has 0 saturated carbocycles. The minimum absolute atomic E-state index is 0.996. The van der Waals surface area contributed by atoms with E-state index in [1.165, 1.54) is 64.6 Å². The highest BCUT2D eigenvalue weighted by molar-refractivity contribution is 8.33. The molecular weight excluding hydrogens is 418 g/mol. The van der Waals surface area contributed by atoms with Crippen molar-refractivity contribution in [3.63, 3.8) is 0 Å². The van der Waals surface area contributed by atoms with Gasteiger partial charge >= 0.3 is 0 Å². The molecule has 0 saturated heterocycles. The number of fused-ring (bicyclic) bond motifs is 8. The van der Waals surface area contributed by atoms with Gasteiger partial charge in [0.1, 0.15) is 0 Å². The maximum absolute atomic E-state index is 2.45. The summed E-state index contributed by atoms with van der Waals surface area (Å²) < 4.78 is 2.35. The second-order valence-electron chi connectivity index (χ2n) is 9.51. The monoisotopic (exact) mass is 443 g/mol. The van der Waals surface area contributed by atoms with Crippen molar-refractivity contribution in [2.75, 3.05) is 12.5 Å². The Bertz CT molecular complexity index is 1750. The van der Waals surface area contributed by atoms with Crippen LogP contribution in [-0.2, 0) is 7.05 Å². The fourth-order valence-corrected chi connectivity index (χ4v) is 8.28. The molecule has 2 heteroatoms. The van der Waals surface area contributed by atoms with Crippen LogP contribution in [0.2, 0.25) is 0 Å². The molecule has 7 rings (SSSR count). The summed E-state index contributed by atoms with van der Waals surface area (Å²) in [5, 5.41) is 5.30. The molecule has 0 bridgehead atoms. The molecular formula is C31H25NS. The third kappa shape index (κ3) is 2.50. The van der Waals surface area contributed by atoms with Gasteiger partial charge in [0.05, 0.1) is 0 Å². The predicted octanol–water partition coefficient (Wildman–Crippen LogP) is 8.61. The van der Waals surface area contributed by atoms with Crippen LogP contribution in [0, 0.1) is 0 Å². The number of benzene rings is 5. The van der Waals surface area contributed by atoms with E-state index in [1.54, 1.807) is 0 Å². The van der Waals surface area contributed by atoms with Crippen LogP contribution in [0.15, 0.2) is 107 Å². The first kappa shape index (κ1) is 19.0. The smallest absolute Gasteiger partial charge is 0.0495 e. The first-order valence-electron chi connectivity index (χ1n) is 11.4. The lowest BCUT2D eigenvalue weighted by Crippen LogP contribution is -1.93. The largest absolute Gasteiger partial charge is 0.344 e. The molecule has 1 aliphatic heterocycles. The fourth-order valence-electron chi connectivity index (χ4n) is 5.75. The third-order valence-electron chi connectivity index (χ3n) is 7.49. The zero-order valence-corrected chi connectivity index (χ0v) is 19.9. The van der Waals surface area contributed by atoms with E-state index in [4.69, 9.17) is 0 Å². The molecule has 0 atom stereocenters. The molecule has 1 aliphatic rings. The Morgan fingerprint density at radius 1 is 0.576 bits per heavy atom. The number of hydrogen-bond donors (Lipinski definition) is 0. The Hall–Kier alpha value is -3.49. The van der Waals surface area contributed by atoms with Gasteiger partial charge < -0.3 is 4.57 Å². The lowest BCUT2D eigenvalue weighted by Gasteiger charge is -2.28. The average molecular weight is 444 g/mol. The Kier molecular flexibility index (Phi) is 3.76. The predicted molar refractivity (Wildman–Crippen MR) is 145 cm³/mol. The van der Waals surface area contributed by atoms with Crippen molar-refractivity contribution < 1.29 is 0 Å². The molecule has 0 radical (unpaired) electrons. The minimum Gasteiger partial charge on any atom is -0.344 e. The van der Waals surface area contributed by atoms with Crippen LogP contribution in [0.3, 0.4) is 0 Å². The second kappa shape index (κ2) is 6.52. The lowest BCUT2D eigenvalue weighted by atomic mass is 9.98. The average Bonchev–Trinajstić information content (AvgIpc) is 3.27. The Labute approximate surface area is 195 Å². The number of rotatable bonds is 1. The van der Waals surface area contributed by atoms with Crippen molar-refractivity contribution in [2.45, 2.75) is 9.79 Å². The second-order valence-corrected chi connectivity index (χ2v) is 13.0. The standard InChI is InChI=1S/C31H25NS/c1-32-27-17-14-20-8-4-5-9-23(20)31(27)26-16-13-21(18-28(26)32)22-12-15-25-24-10-6-7-11-29(24)33(2,3)30(25)19-22/h4-19H,1-3H3. The SMILES string of the molecule is Cn1c2cc(-c3ccc4c(c3)S(C)(C)c3ccccc3-4)ccc2c2c3ccccc3ccc21. The van der Waals surface area contributed by atoms with Crippen LogP contribution < -0.4 is 0 Å². The van der Waals surface area contributed by atoms with E-state index in [-0.39, 0.29) is 0 Å². The number of hydrogen-bond acceptors (Lipinski definition) is 0. The van der Waals surface area contributed by atoms with Gasteiger partial charge in [-0.05, 0) is 69.8 Å². The summed E-state index contributed by atoms with van der Waals surface area (Å²) in [5.74, 6) is 0. The summed E-state index contributed by atoms with van der Waals surface area (Å²) in [7, 11) is 1.19. The number of aromatic nitrogens is 1. The summed E-state index contributed by atoms with van der Waals surface area (Å²) in [4.78, 5) is 3.01. The van der Waals surface area contributed by atoms with E-state index in [9.17, 15) is 0 Å². The van der Waals surface area contributed by atoms with Crippen LogP contribution >= 0.6 is 10.0 Å². The van der Waals surface area contributed by atoms with E-state index in [2.05, 4.69) is 121 Å². The fraction of sp³-hybridized carbons (Fsp3) is 0.0968. The minimum atomic E-state index is -0.996. The summed E-state index contributed by atoms with van der Waals surface area (Å²) in [5.41, 5.74) is 7.98. The molecule has 160 valence electrons. The van der Waals surface area contributed by atoms with Crippen molar-refractivity contribution in [3.05, 3.63) is 97.1 Å². The lowest BCUT2D eigenvalue weighted by molar-refractivity contribution is 1.01. The summed E-state index contributed by atoms with van der Waals surface area (Å²) in [6.07, 6.45) is 4.86. The highest BCUT2D eigenvalue weighted by Gasteiger charge is 2.31. The Morgan fingerprint density at radius 2 is 1.30 bits per heavy atom. The van der Waals surface area contributed by atoms with Crippen LogP contribution in [0.25, 0.3) is 54.8 Å². The highest BCUT2D eigenvalue weighted by atomic mass is 32.3. The van der Waals surface area contributed by atoms with Crippen molar-refractivity contribution in [1.82, 2.24) is 4.57 Å². The molecule has 2 heterocycles. The molecule has 0 spiro atoms. The van der Waals surface area contributed by atoms with E-state index >= 15 is 0 Å². The van der Waals surface area contributed by atoms with Gasteiger partial charge in [0.25, 0.3) is 0 Å². The quantitative estimate of drug-likeness (QED) is 0.240. The summed E-state index contributed by atoms with van der Waals surface area (Å²) in [6.45, 7) is 0. The zero-order chi connectivity index (χ0) is 22.3. The normalized spacial score (nSPS) is 15.1. The summed E-state index contributed by atoms with van der Waals surface area (Å²) >= 11 is 0. The molecule has 0 aliphatic carbocycles. The first-order chi connectivity index (χ1) is 16.0. The first-order valence-corrected chi connectivity index (χ1v) is 13.9. The maximum atomic E-state index is 2.45. The van der Waals surface area contributed by atoms with Gasteiger partial charge in [-0.25, -0.2) is 0 Å². The Morgan fingerprint density at radius 3 is 2.21 bits per heavy atom. The molecule has 33 heavy (non-hydrogen) atoms. The molecule has 1 nitrogen and oxygen atoms in total. The van der Waals surface area contributed by atoms with Gasteiger partial charge in [-0.15, -0.1) is 0 Å². The van der Waals surface area contributed by atoms with Crippen LogP contribution in [0.5, 0.6) is 0 Å². The zero-order valence-electron chi connectivity index (χ0n) is 19.1. The highest BCUT2D eigenvalue weighted by Crippen LogP contribution is 2.67. The number of nitrogens with zero attached hydrogens (tertiary/aromatic N) is 1. The van der Waals surface area contributed by atoms with Crippen molar-refractivity contribution >= 4 is 42.6 Å². The van der Waals surface area contributed by atoms with Gasteiger partial charge in [0, 0.05) is 38.6 Å². The third-order valence-corrected chi connectivity index (χ3v) is 10.4. The van der Waals surface area contributed by atoms with Crippen LogP contribution in [0.4, 0.5) is 0 Å². The van der Waals surface area contributed by atoms with Crippen molar-refractivity contribution in [2.24, 2.45) is 7.05 Å². The maximum Gasteiger partial charge on any atom is 0.0495 e. The van der Waals surface area contributed by atoms with Gasteiger partial charge in [-0.3, -0.25) is 0 Å². The van der Waals surface area contributed by atoms with E-state index < -0.39 is 10.0 Å². The Balaban J connectivity index is 1.45. The molecule has 5 aromatic carbocycles. The molecule has 1 aromatic heterocycles. The molecule has 0 N–H and O–H groups in total. The van der Waals surface area contributed by atoms with Crippen molar-refractivity contribution in [3.8, 4) is 22.3 Å². The topological polar surface area (TPSA) is 4.93 Å². The van der Waals surface area contributed by atoms with Crippen molar-refractivity contribution in [1.29, 1.82) is 0 Å². The molecule has 0 amide bonds. The van der Waals surface area contributed by atoms with E-state index in [0.717, 1.165) is 0 Å². The van der Waals surface area contributed by atoms with Gasteiger partial charge in [0.2, 0.25) is 0 Å². The van der Waals surface area contributed by atoms with Gasteiger partial charge in [-0.2, -0.15) is 10.0 Å². The molecule has 0 fully saturated rings. The molecule has 0 unspecified atom stereocenters.